The third kappa shape index (κ3) is 7.99. The van der Waals surface area contributed by atoms with E-state index in [1.54, 1.807) is 12.1 Å². The van der Waals surface area contributed by atoms with E-state index in [0.29, 0.717) is 17.4 Å². The lowest BCUT2D eigenvalue weighted by atomic mass is 9.88. The standard InChI is InChI=1S/C29H43NO5S/c1-17(2)22-11-23(18(3)4)13-25(12-22)30-36(32,33)35-28(31)16-34-29-26(20(7)8)14-24(19(5)6)15-27(29)21(9)10/h11-15,17-21,30H,16H2,1-10H3. The first-order valence-corrected chi connectivity index (χ1v) is 14.2. The number of nitrogens with one attached hydrogen (secondary N) is 1. The Morgan fingerprint density at radius 2 is 1.11 bits per heavy atom. The van der Waals surface area contributed by atoms with Crippen molar-refractivity contribution >= 4 is 22.0 Å². The van der Waals surface area contributed by atoms with Gasteiger partial charge in [-0.25, -0.2) is 4.79 Å². The Morgan fingerprint density at radius 1 is 0.694 bits per heavy atom. The summed E-state index contributed by atoms with van der Waals surface area (Å²) < 4.78 is 38.4. The zero-order valence-electron chi connectivity index (χ0n) is 23.4. The minimum absolute atomic E-state index is 0.168. The van der Waals surface area contributed by atoms with Gasteiger partial charge in [0, 0.05) is 0 Å². The second-order valence-electron chi connectivity index (χ2n) is 11.0. The Labute approximate surface area is 218 Å². The summed E-state index contributed by atoms with van der Waals surface area (Å²) in [4.78, 5) is 12.5. The summed E-state index contributed by atoms with van der Waals surface area (Å²) in [6.45, 7) is 20.2. The molecule has 0 spiro atoms. The number of hydrogen-bond acceptors (Lipinski definition) is 5. The van der Waals surface area contributed by atoms with Gasteiger partial charge >= 0.3 is 16.3 Å². The van der Waals surface area contributed by atoms with Gasteiger partial charge in [-0.1, -0.05) is 87.4 Å². The Hall–Kier alpha value is -2.54. The first-order valence-electron chi connectivity index (χ1n) is 12.8. The molecular formula is C29H43NO5S. The largest absolute Gasteiger partial charge is 0.481 e. The molecule has 0 aliphatic heterocycles. The minimum atomic E-state index is -4.37. The van der Waals surface area contributed by atoms with Crippen LogP contribution in [-0.4, -0.2) is 21.0 Å². The molecule has 0 radical (unpaired) electrons. The van der Waals surface area contributed by atoms with Crippen molar-refractivity contribution < 1.29 is 22.1 Å². The quantitative estimate of drug-likeness (QED) is 0.332. The van der Waals surface area contributed by atoms with E-state index in [9.17, 15) is 13.2 Å². The summed E-state index contributed by atoms with van der Waals surface area (Å²) in [7, 11) is -4.37. The van der Waals surface area contributed by atoms with Crippen LogP contribution < -0.4 is 9.46 Å². The first-order chi connectivity index (χ1) is 16.6. The molecule has 2 rings (SSSR count). The molecule has 0 aromatic heterocycles. The molecule has 0 aliphatic rings. The summed E-state index contributed by atoms with van der Waals surface area (Å²) in [5, 5.41) is 0. The van der Waals surface area contributed by atoms with Crippen LogP contribution in [0.25, 0.3) is 0 Å². The molecule has 0 bridgehead atoms. The molecule has 1 N–H and O–H groups in total. The van der Waals surface area contributed by atoms with E-state index < -0.39 is 22.9 Å². The Morgan fingerprint density at radius 3 is 1.50 bits per heavy atom. The maximum Gasteiger partial charge on any atom is 0.410 e. The fourth-order valence-electron chi connectivity index (χ4n) is 3.90. The van der Waals surface area contributed by atoms with Crippen LogP contribution in [0.4, 0.5) is 5.69 Å². The van der Waals surface area contributed by atoms with E-state index in [2.05, 4.69) is 64.5 Å². The summed E-state index contributed by atoms with van der Waals surface area (Å²) >= 11 is 0. The van der Waals surface area contributed by atoms with Gasteiger partial charge in [0.25, 0.3) is 0 Å². The molecule has 2 aromatic rings. The average Bonchev–Trinajstić information content (AvgIpc) is 2.75. The summed E-state index contributed by atoms with van der Waals surface area (Å²) in [5.41, 5.74) is 5.55. The Kier molecular flexibility index (Phi) is 10.0. The normalized spacial score (nSPS) is 12.2. The molecule has 0 unspecified atom stereocenters. The number of carbonyl (C=O) groups excluding carboxylic acids is 1. The number of benzene rings is 2. The second kappa shape index (κ2) is 12.1. The zero-order chi connectivity index (χ0) is 27.4. The second-order valence-corrected chi connectivity index (χ2v) is 12.3. The molecule has 2 aromatic carbocycles. The molecule has 0 aliphatic carbocycles. The lowest BCUT2D eigenvalue weighted by Crippen LogP contribution is -2.25. The highest BCUT2D eigenvalue weighted by atomic mass is 32.2. The average molecular weight is 518 g/mol. The SMILES string of the molecule is CC(C)c1cc(NS(=O)(=O)OC(=O)COc2c(C(C)C)cc(C(C)C)cc2C(C)C)cc(C(C)C)c1. The van der Waals surface area contributed by atoms with Crippen LogP contribution in [-0.2, 0) is 19.3 Å². The highest BCUT2D eigenvalue weighted by Gasteiger charge is 2.22. The van der Waals surface area contributed by atoms with Crippen molar-refractivity contribution in [1.82, 2.24) is 0 Å². The van der Waals surface area contributed by atoms with Crippen molar-refractivity contribution in [2.24, 2.45) is 0 Å². The molecule has 0 fully saturated rings. The van der Waals surface area contributed by atoms with E-state index in [4.69, 9.17) is 8.92 Å². The van der Waals surface area contributed by atoms with Crippen molar-refractivity contribution in [1.29, 1.82) is 0 Å². The molecule has 7 heteroatoms. The van der Waals surface area contributed by atoms with Crippen molar-refractivity contribution in [2.75, 3.05) is 11.3 Å². The molecule has 200 valence electrons. The van der Waals surface area contributed by atoms with Gasteiger partial charge in [-0.15, -0.1) is 0 Å². The molecule has 0 saturated carbocycles. The number of rotatable bonds is 11. The van der Waals surface area contributed by atoms with Crippen molar-refractivity contribution in [3.63, 3.8) is 0 Å². The van der Waals surface area contributed by atoms with Crippen LogP contribution in [0.1, 0.15) is 127 Å². The number of anilines is 1. The van der Waals surface area contributed by atoms with Crippen LogP contribution >= 0.6 is 0 Å². The van der Waals surface area contributed by atoms with Gasteiger partial charge in [-0.2, -0.15) is 8.42 Å². The maximum absolute atomic E-state index is 12.6. The van der Waals surface area contributed by atoms with Gasteiger partial charge in [-0.3, -0.25) is 4.72 Å². The van der Waals surface area contributed by atoms with E-state index in [-0.39, 0.29) is 23.7 Å². The highest BCUT2D eigenvalue weighted by Crippen LogP contribution is 2.37. The summed E-state index contributed by atoms with van der Waals surface area (Å²) in [5.74, 6) is 0.759. The van der Waals surface area contributed by atoms with Gasteiger partial charge in [0.15, 0.2) is 6.61 Å². The maximum atomic E-state index is 12.6. The Bertz CT molecular complexity index is 1110. The van der Waals surface area contributed by atoms with Gasteiger partial charge in [-0.05, 0) is 69.5 Å². The van der Waals surface area contributed by atoms with E-state index in [0.717, 1.165) is 22.3 Å². The molecule has 6 nitrogen and oxygen atoms in total. The van der Waals surface area contributed by atoms with Gasteiger partial charge in [0.2, 0.25) is 0 Å². The van der Waals surface area contributed by atoms with Gasteiger partial charge in [0.05, 0.1) is 5.69 Å². The predicted molar refractivity (Wildman–Crippen MR) is 147 cm³/mol. The monoisotopic (exact) mass is 517 g/mol. The topological polar surface area (TPSA) is 81.7 Å². The number of ether oxygens (including phenoxy) is 1. The first kappa shape index (κ1) is 29.7. The van der Waals surface area contributed by atoms with E-state index in [1.807, 2.05) is 27.7 Å². The smallest absolute Gasteiger partial charge is 0.410 e. The molecule has 36 heavy (non-hydrogen) atoms. The van der Waals surface area contributed by atoms with Crippen LogP contribution in [0.2, 0.25) is 0 Å². The molecular weight excluding hydrogens is 474 g/mol. The highest BCUT2D eigenvalue weighted by molar-refractivity contribution is 7.88. The minimum Gasteiger partial charge on any atom is -0.481 e. The summed E-state index contributed by atoms with van der Waals surface area (Å²) in [6.07, 6.45) is 0. The fraction of sp³-hybridized carbons (Fsp3) is 0.552. The third-order valence-electron chi connectivity index (χ3n) is 6.17. The van der Waals surface area contributed by atoms with Crippen LogP contribution in [0.3, 0.4) is 0 Å². The van der Waals surface area contributed by atoms with Crippen LogP contribution in [0.15, 0.2) is 30.3 Å². The molecule has 0 saturated heterocycles. The van der Waals surface area contributed by atoms with Crippen molar-refractivity contribution in [3.8, 4) is 5.75 Å². The number of carbonyl (C=O) groups is 1. The van der Waals surface area contributed by atoms with Gasteiger partial charge < -0.3 is 8.92 Å². The third-order valence-corrected chi connectivity index (χ3v) is 7.06. The summed E-state index contributed by atoms with van der Waals surface area (Å²) in [6, 6.07) is 9.80. The Balaban J connectivity index is 2.23. The number of hydrogen-bond donors (Lipinski definition) is 1. The van der Waals surface area contributed by atoms with Crippen molar-refractivity contribution in [2.45, 2.75) is 98.8 Å². The van der Waals surface area contributed by atoms with Gasteiger partial charge in [0.1, 0.15) is 5.75 Å². The predicted octanol–water partition coefficient (Wildman–Crippen LogP) is 7.58. The molecule has 0 atom stereocenters. The fourth-order valence-corrected chi connectivity index (χ4v) is 4.64. The van der Waals surface area contributed by atoms with Crippen LogP contribution in [0, 0.1) is 0 Å². The van der Waals surface area contributed by atoms with Crippen LogP contribution in [0.5, 0.6) is 5.75 Å². The molecule has 0 amide bonds. The lowest BCUT2D eigenvalue weighted by Gasteiger charge is -2.22. The van der Waals surface area contributed by atoms with E-state index >= 15 is 0 Å². The zero-order valence-corrected chi connectivity index (χ0v) is 24.2. The van der Waals surface area contributed by atoms with Crippen molar-refractivity contribution in [3.05, 3.63) is 58.1 Å². The lowest BCUT2D eigenvalue weighted by molar-refractivity contribution is -0.136. The van der Waals surface area contributed by atoms with E-state index in [1.165, 1.54) is 5.56 Å². The molecule has 0 heterocycles.